The molecule has 120 valence electrons. The van der Waals surface area contributed by atoms with E-state index < -0.39 is 10.9 Å². The van der Waals surface area contributed by atoms with Crippen LogP contribution in [-0.2, 0) is 0 Å². The van der Waals surface area contributed by atoms with E-state index in [-0.39, 0.29) is 11.3 Å². The number of fused-ring (bicyclic) bond motifs is 1. The summed E-state index contributed by atoms with van der Waals surface area (Å²) in [7, 11) is 0. The molecule has 0 amide bonds. The highest BCUT2D eigenvalue weighted by Crippen LogP contribution is 2.28. The van der Waals surface area contributed by atoms with Gasteiger partial charge in [-0.15, -0.1) is 0 Å². The molecule has 0 fully saturated rings. The lowest BCUT2D eigenvalue weighted by Crippen LogP contribution is -2.04. The van der Waals surface area contributed by atoms with Crippen LogP contribution in [0.15, 0.2) is 59.1 Å². The first-order valence-electron chi connectivity index (χ1n) is 6.92. The van der Waals surface area contributed by atoms with Crippen LogP contribution >= 0.6 is 15.9 Å². The standard InChI is InChI=1S/C17H11BrN2O4/c18-12-3-1-10-2-4-13(8-11(10)7-12)19-16-6-5-14(20(23)24)9-15(16)17(21)22/h1-9,19H,(H,21,22). The largest absolute Gasteiger partial charge is 0.478 e. The lowest BCUT2D eigenvalue weighted by molar-refractivity contribution is -0.384. The summed E-state index contributed by atoms with van der Waals surface area (Å²) in [5.41, 5.74) is 0.568. The highest BCUT2D eigenvalue weighted by molar-refractivity contribution is 9.10. The number of nitrogens with one attached hydrogen (secondary N) is 1. The van der Waals surface area contributed by atoms with Gasteiger partial charge in [0, 0.05) is 22.3 Å². The molecule has 7 heteroatoms. The molecule has 6 nitrogen and oxygen atoms in total. The topological polar surface area (TPSA) is 92.5 Å². The van der Waals surface area contributed by atoms with E-state index in [0.29, 0.717) is 11.4 Å². The highest BCUT2D eigenvalue weighted by Gasteiger charge is 2.16. The quantitative estimate of drug-likeness (QED) is 0.488. The molecule has 0 spiro atoms. The second kappa shape index (κ2) is 6.29. The van der Waals surface area contributed by atoms with Gasteiger partial charge < -0.3 is 10.4 Å². The number of carbonyl (C=O) groups is 1. The van der Waals surface area contributed by atoms with Gasteiger partial charge in [0.25, 0.3) is 5.69 Å². The summed E-state index contributed by atoms with van der Waals surface area (Å²) < 4.78 is 0.939. The molecular formula is C17H11BrN2O4. The molecule has 0 saturated carbocycles. The van der Waals surface area contributed by atoms with Crippen molar-refractivity contribution in [1.29, 1.82) is 0 Å². The van der Waals surface area contributed by atoms with Crippen molar-refractivity contribution in [3.63, 3.8) is 0 Å². The average molecular weight is 387 g/mol. The van der Waals surface area contributed by atoms with Crippen molar-refractivity contribution < 1.29 is 14.8 Å². The van der Waals surface area contributed by atoms with Crippen LogP contribution in [-0.4, -0.2) is 16.0 Å². The van der Waals surface area contributed by atoms with Crippen molar-refractivity contribution in [2.45, 2.75) is 0 Å². The third-order valence-corrected chi connectivity index (χ3v) is 4.02. The number of carboxylic acids is 1. The SMILES string of the molecule is O=C(O)c1cc([N+](=O)[O-])ccc1Nc1ccc2ccc(Br)cc2c1. The maximum atomic E-state index is 11.4. The summed E-state index contributed by atoms with van der Waals surface area (Å²) in [6.45, 7) is 0. The Morgan fingerprint density at radius 2 is 1.79 bits per heavy atom. The fraction of sp³-hybridized carbons (Fsp3) is 0. The first-order chi connectivity index (χ1) is 11.4. The number of aromatic carboxylic acids is 1. The van der Waals surface area contributed by atoms with Gasteiger partial charge in [0.05, 0.1) is 16.2 Å². The summed E-state index contributed by atoms with van der Waals surface area (Å²) in [5, 5.41) is 25.1. The van der Waals surface area contributed by atoms with Crippen LogP contribution in [0, 0.1) is 10.1 Å². The van der Waals surface area contributed by atoms with Crippen molar-refractivity contribution in [3.05, 3.63) is 74.7 Å². The lowest BCUT2D eigenvalue weighted by Gasteiger charge is -2.10. The predicted octanol–water partition coefficient (Wildman–Crippen LogP) is 4.95. The van der Waals surface area contributed by atoms with Gasteiger partial charge in [-0.3, -0.25) is 10.1 Å². The number of nitro benzene ring substituents is 1. The Morgan fingerprint density at radius 1 is 1.04 bits per heavy atom. The second-order valence-electron chi connectivity index (χ2n) is 5.12. The van der Waals surface area contributed by atoms with E-state index in [0.717, 1.165) is 21.3 Å². The number of rotatable bonds is 4. The Bertz CT molecular complexity index is 972. The van der Waals surface area contributed by atoms with Gasteiger partial charge in [-0.05, 0) is 41.1 Å². The zero-order valence-corrected chi connectivity index (χ0v) is 13.8. The maximum Gasteiger partial charge on any atom is 0.338 e. The number of hydrogen-bond donors (Lipinski definition) is 2. The molecule has 0 radical (unpaired) electrons. The molecule has 3 aromatic carbocycles. The summed E-state index contributed by atoms with van der Waals surface area (Å²) in [4.78, 5) is 21.6. The van der Waals surface area contributed by atoms with E-state index in [1.54, 1.807) is 0 Å². The Morgan fingerprint density at radius 3 is 2.50 bits per heavy atom. The Balaban J connectivity index is 2.01. The van der Waals surface area contributed by atoms with Crippen LogP contribution in [0.2, 0.25) is 0 Å². The first-order valence-corrected chi connectivity index (χ1v) is 7.71. The van der Waals surface area contributed by atoms with Crippen LogP contribution in [0.25, 0.3) is 10.8 Å². The van der Waals surface area contributed by atoms with E-state index in [1.165, 1.54) is 12.1 Å². The smallest absolute Gasteiger partial charge is 0.338 e. The lowest BCUT2D eigenvalue weighted by atomic mass is 10.1. The maximum absolute atomic E-state index is 11.4. The Labute approximate surface area is 145 Å². The van der Waals surface area contributed by atoms with Crippen LogP contribution in [0.3, 0.4) is 0 Å². The Hall–Kier alpha value is -2.93. The number of nitrogens with zero attached hydrogens (tertiary/aromatic N) is 1. The van der Waals surface area contributed by atoms with Crippen molar-refractivity contribution in [2.75, 3.05) is 5.32 Å². The van der Waals surface area contributed by atoms with E-state index in [9.17, 15) is 20.0 Å². The number of carboxylic acid groups (broad SMARTS) is 1. The zero-order chi connectivity index (χ0) is 17.3. The van der Waals surface area contributed by atoms with Crippen LogP contribution in [0.5, 0.6) is 0 Å². The van der Waals surface area contributed by atoms with Gasteiger partial charge in [-0.25, -0.2) is 4.79 Å². The minimum atomic E-state index is -1.23. The minimum Gasteiger partial charge on any atom is -0.478 e. The summed E-state index contributed by atoms with van der Waals surface area (Å²) in [6, 6.07) is 15.2. The normalized spacial score (nSPS) is 10.5. The third kappa shape index (κ3) is 3.21. The molecule has 0 aromatic heterocycles. The van der Waals surface area contributed by atoms with Gasteiger partial charge in [-0.2, -0.15) is 0 Å². The van der Waals surface area contributed by atoms with E-state index in [2.05, 4.69) is 21.2 Å². The summed E-state index contributed by atoms with van der Waals surface area (Å²) in [6.07, 6.45) is 0. The fourth-order valence-electron chi connectivity index (χ4n) is 2.38. The first kappa shape index (κ1) is 15.9. The molecular weight excluding hydrogens is 376 g/mol. The summed E-state index contributed by atoms with van der Waals surface area (Å²) in [5.74, 6) is -1.23. The van der Waals surface area contributed by atoms with E-state index >= 15 is 0 Å². The van der Waals surface area contributed by atoms with E-state index in [1.807, 2.05) is 36.4 Å². The van der Waals surface area contributed by atoms with Crippen molar-refractivity contribution in [2.24, 2.45) is 0 Å². The zero-order valence-electron chi connectivity index (χ0n) is 12.2. The molecule has 2 N–H and O–H groups in total. The second-order valence-corrected chi connectivity index (χ2v) is 6.04. The third-order valence-electron chi connectivity index (χ3n) is 3.53. The minimum absolute atomic E-state index is 0.154. The number of halogens is 1. The van der Waals surface area contributed by atoms with Crippen molar-refractivity contribution >= 4 is 49.7 Å². The molecule has 0 atom stereocenters. The number of non-ortho nitro benzene ring substituents is 1. The molecule has 0 aliphatic carbocycles. The van der Waals surface area contributed by atoms with Gasteiger partial charge in [0.15, 0.2) is 0 Å². The molecule has 0 heterocycles. The van der Waals surface area contributed by atoms with E-state index in [4.69, 9.17) is 0 Å². The van der Waals surface area contributed by atoms with Gasteiger partial charge in [0.1, 0.15) is 0 Å². The molecule has 0 aliphatic rings. The highest BCUT2D eigenvalue weighted by atomic mass is 79.9. The molecule has 0 bridgehead atoms. The monoisotopic (exact) mass is 386 g/mol. The van der Waals surface area contributed by atoms with Crippen molar-refractivity contribution in [1.82, 2.24) is 0 Å². The molecule has 0 unspecified atom stereocenters. The fourth-order valence-corrected chi connectivity index (χ4v) is 2.76. The Kier molecular flexibility index (Phi) is 4.18. The predicted molar refractivity (Wildman–Crippen MR) is 95.0 cm³/mol. The molecule has 0 aliphatic heterocycles. The number of benzene rings is 3. The number of hydrogen-bond acceptors (Lipinski definition) is 4. The van der Waals surface area contributed by atoms with Gasteiger partial charge >= 0.3 is 5.97 Å². The van der Waals surface area contributed by atoms with Crippen LogP contribution < -0.4 is 5.32 Å². The average Bonchev–Trinajstić information content (AvgIpc) is 2.54. The summed E-state index contributed by atoms with van der Waals surface area (Å²) >= 11 is 3.41. The molecule has 0 saturated heterocycles. The molecule has 3 aromatic rings. The van der Waals surface area contributed by atoms with Crippen LogP contribution in [0.1, 0.15) is 10.4 Å². The van der Waals surface area contributed by atoms with Gasteiger partial charge in [-0.1, -0.05) is 28.1 Å². The number of anilines is 2. The van der Waals surface area contributed by atoms with Gasteiger partial charge in [0.2, 0.25) is 0 Å². The van der Waals surface area contributed by atoms with Crippen LogP contribution in [0.4, 0.5) is 17.1 Å². The van der Waals surface area contributed by atoms with Crippen molar-refractivity contribution in [3.8, 4) is 0 Å². The molecule has 24 heavy (non-hydrogen) atoms. The number of nitro groups is 1. The molecule has 3 rings (SSSR count).